The van der Waals surface area contributed by atoms with Crippen molar-refractivity contribution in [1.82, 2.24) is 0 Å². The van der Waals surface area contributed by atoms with Crippen LogP contribution in [0, 0.1) is 17.8 Å². The van der Waals surface area contributed by atoms with Crippen LogP contribution in [0.3, 0.4) is 0 Å². The Morgan fingerprint density at radius 3 is 2.06 bits per heavy atom. The Bertz CT molecular complexity index is 495. The summed E-state index contributed by atoms with van der Waals surface area (Å²) < 4.78 is 0. The van der Waals surface area contributed by atoms with Crippen molar-refractivity contribution < 1.29 is 0 Å². The Balaban J connectivity index is 2.36. The van der Waals surface area contributed by atoms with E-state index in [1.165, 1.54) is 22.8 Å². The van der Waals surface area contributed by atoms with E-state index in [-0.39, 0.29) is 0 Å². The molecule has 0 fully saturated rings. The van der Waals surface area contributed by atoms with Gasteiger partial charge in [-0.25, -0.2) is 0 Å². The Morgan fingerprint density at radius 1 is 0.778 bits per heavy atom. The van der Waals surface area contributed by atoms with E-state index in [4.69, 9.17) is 0 Å². The van der Waals surface area contributed by atoms with Crippen molar-refractivity contribution in [3.63, 3.8) is 0 Å². The summed E-state index contributed by atoms with van der Waals surface area (Å²) in [6.45, 7) is 9.37. The Labute approximate surface area is 111 Å². The molecule has 0 aliphatic carbocycles. The van der Waals surface area contributed by atoms with Crippen LogP contribution in [0.1, 0.15) is 33.3 Å². The molecule has 0 unspecified atom stereocenters. The molecule has 96 valence electrons. The van der Waals surface area contributed by atoms with E-state index in [9.17, 15) is 0 Å². The van der Waals surface area contributed by atoms with Gasteiger partial charge in [0.25, 0.3) is 0 Å². The maximum atomic E-state index is 2.34. The average molecular weight is 240 g/mol. The van der Waals surface area contributed by atoms with E-state index in [1.807, 2.05) is 0 Å². The average Bonchev–Trinajstić information content (AvgIpc) is 2.35. The summed E-state index contributed by atoms with van der Waals surface area (Å²) >= 11 is 0. The van der Waals surface area contributed by atoms with E-state index in [1.54, 1.807) is 0 Å². The summed E-state index contributed by atoms with van der Waals surface area (Å²) in [4.78, 5) is 0. The first kappa shape index (κ1) is 13.1. The molecule has 0 saturated carbocycles. The third-order valence-corrected chi connectivity index (χ3v) is 4.05. The first-order valence-electron chi connectivity index (χ1n) is 7.06. The zero-order valence-corrected chi connectivity index (χ0v) is 12.0. The van der Waals surface area contributed by atoms with Crippen LogP contribution < -0.4 is 0 Å². The van der Waals surface area contributed by atoms with Crippen LogP contribution in [0.15, 0.2) is 42.5 Å². The highest BCUT2D eigenvalue weighted by Gasteiger charge is 2.18. The van der Waals surface area contributed by atoms with Gasteiger partial charge in [-0.05, 0) is 40.5 Å². The number of hydrogen-bond acceptors (Lipinski definition) is 0. The molecule has 0 amide bonds. The van der Waals surface area contributed by atoms with Crippen molar-refractivity contribution in [2.24, 2.45) is 17.8 Å². The Hall–Kier alpha value is -1.30. The second kappa shape index (κ2) is 5.56. The molecular formula is C18H24. The molecule has 0 aromatic heterocycles. The maximum Gasteiger partial charge on any atom is -0.0152 e. The fraction of sp³-hybridized carbons (Fsp3) is 0.444. The van der Waals surface area contributed by atoms with Crippen molar-refractivity contribution in [3.05, 3.63) is 48.0 Å². The molecule has 0 heteroatoms. The molecule has 0 atom stereocenters. The summed E-state index contributed by atoms with van der Waals surface area (Å²) in [5.41, 5.74) is 1.50. The van der Waals surface area contributed by atoms with Gasteiger partial charge in [-0.1, -0.05) is 70.2 Å². The lowest BCUT2D eigenvalue weighted by Crippen LogP contribution is -2.18. The highest BCUT2D eigenvalue weighted by atomic mass is 14.2. The molecule has 0 saturated heterocycles. The molecule has 2 aromatic rings. The van der Waals surface area contributed by atoms with Crippen LogP contribution in [0.4, 0.5) is 0 Å². The zero-order chi connectivity index (χ0) is 13.1. The lowest BCUT2D eigenvalue weighted by atomic mass is 9.80. The SMILES string of the molecule is CC(C)C(Cc1cccc2ccccc12)C(C)C. The summed E-state index contributed by atoms with van der Waals surface area (Å²) in [5, 5.41) is 2.78. The molecule has 2 aromatic carbocycles. The third-order valence-electron chi connectivity index (χ3n) is 4.05. The standard InChI is InChI=1S/C18H24/c1-13(2)18(14(3)4)12-16-10-7-9-15-8-5-6-11-17(15)16/h5-11,13-14,18H,12H2,1-4H3. The molecule has 0 heterocycles. The summed E-state index contributed by atoms with van der Waals surface area (Å²) in [5.74, 6) is 2.24. The van der Waals surface area contributed by atoms with Gasteiger partial charge in [-0.3, -0.25) is 0 Å². The van der Waals surface area contributed by atoms with Crippen LogP contribution in [-0.2, 0) is 6.42 Å². The van der Waals surface area contributed by atoms with E-state index in [2.05, 4.69) is 70.2 Å². The Kier molecular flexibility index (Phi) is 4.06. The van der Waals surface area contributed by atoms with Gasteiger partial charge >= 0.3 is 0 Å². The Morgan fingerprint density at radius 2 is 1.39 bits per heavy atom. The number of fused-ring (bicyclic) bond motifs is 1. The molecule has 0 bridgehead atoms. The second-order valence-electron chi connectivity index (χ2n) is 5.99. The smallest absolute Gasteiger partial charge is 0.0152 e. The van der Waals surface area contributed by atoms with Crippen molar-refractivity contribution in [1.29, 1.82) is 0 Å². The first-order chi connectivity index (χ1) is 8.59. The molecule has 0 aliphatic rings. The van der Waals surface area contributed by atoms with Crippen molar-refractivity contribution in [2.75, 3.05) is 0 Å². The molecule has 2 rings (SSSR count). The largest absolute Gasteiger partial charge is 0.0625 e. The van der Waals surface area contributed by atoms with Gasteiger partial charge in [-0.15, -0.1) is 0 Å². The van der Waals surface area contributed by atoms with E-state index in [0.717, 1.165) is 17.8 Å². The highest BCUT2D eigenvalue weighted by molar-refractivity contribution is 5.85. The molecular weight excluding hydrogens is 216 g/mol. The molecule has 0 N–H and O–H groups in total. The van der Waals surface area contributed by atoms with Gasteiger partial charge in [0.1, 0.15) is 0 Å². The third kappa shape index (κ3) is 2.75. The minimum absolute atomic E-state index is 0.740. The fourth-order valence-corrected chi connectivity index (χ4v) is 2.97. The van der Waals surface area contributed by atoms with E-state index < -0.39 is 0 Å². The second-order valence-corrected chi connectivity index (χ2v) is 5.99. The number of benzene rings is 2. The first-order valence-corrected chi connectivity index (χ1v) is 7.06. The van der Waals surface area contributed by atoms with Crippen LogP contribution in [0.2, 0.25) is 0 Å². The monoisotopic (exact) mass is 240 g/mol. The van der Waals surface area contributed by atoms with Crippen LogP contribution in [0.25, 0.3) is 10.8 Å². The van der Waals surface area contributed by atoms with Crippen LogP contribution in [-0.4, -0.2) is 0 Å². The van der Waals surface area contributed by atoms with Crippen LogP contribution in [0.5, 0.6) is 0 Å². The van der Waals surface area contributed by atoms with E-state index >= 15 is 0 Å². The van der Waals surface area contributed by atoms with Gasteiger partial charge in [0.05, 0.1) is 0 Å². The van der Waals surface area contributed by atoms with Crippen molar-refractivity contribution in [2.45, 2.75) is 34.1 Å². The highest BCUT2D eigenvalue weighted by Crippen LogP contribution is 2.28. The molecule has 0 radical (unpaired) electrons. The lowest BCUT2D eigenvalue weighted by Gasteiger charge is -2.25. The summed E-state index contributed by atoms with van der Waals surface area (Å²) in [6.07, 6.45) is 1.19. The predicted octanol–water partition coefficient (Wildman–Crippen LogP) is 5.31. The normalized spacial score (nSPS) is 11.9. The zero-order valence-electron chi connectivity index (χ0n) is 12.0. The number of rotatable bonds is 4. The minimum Gasteiger partial charge on any atom is -0.0625 e. The van der Waals surface area contributed by atoms with Crippen molar-refractivity contribution >= 4 is 10.8 Å². The van der Waals surface area contributed by atoms with Crippen LogP contribution >= 0.6 is 0 Å². The molecule has 0 nitrogen and oxygen atoms in total. The minimum atomic E-state index is 0.740. The molecule has 0 aliphatic heterocycles. The van der Waals surface area contributed by atoms with E-state index in [0.29, 0.717) is 0 Å². The topological polar surface area (TPSA) is 0 Å². The summed E-state index contributed by atoms with van der Waals surface area (Å²) in [6, 6.07) is 15.4. The van der Waals surface area contributed by atoms with Gasteiger partial charge < -0.3 is 0 Å². The fourth-order valence-electron chi connectivity index (χ4n) is 2.97. The lowest BCUT2D eigenvalue weighted by molar-refractivity contribution is 0.287. The van der Waals surface area contributed by atoms with Gasteiger partial charge in [-0.2, -0.15) is 0 Å². The predicted molar refractivity (Wildman–Crippen MR) is 80.8 cm³/mol. The summed E-state index contributed by atoms with van der Waals surface area (Å²) in [7, 11) is 0. The van der Waals surface area contributed by atoms with Crippen molar-refractivity contribution in [3.8, 4) is 0 Å². The van der Waals surface area contributed by atoms with Gasteiger partial charge in [0.2, 0.25) is 0 Å². The van der Waals surface area contributed by atoms with Gasteiger partial charge in [0, 0.05) is 0 Å². The number of hydrogen-bond donors (Lipinski definition) is 0. The maximum absolute atomic E-state index is 2.34. The quantitative estimate of drug-likeness (QED) is 0.679. The molecule has 0 spiro atoms. The van der Waals surface area contributed by atoms with Gasteiger partial charge in [0.15, 0.2) is 0 Å². The molecule has 18 heavy (non-hydrogen) atoms.